The molecule has 0 radical (unpaired) electrons. The van der Waals surface area contributed by atoms with Crippen molar-refractivity contribution in [2.75, 3.05) is 11.4 Å². The van der Waals surface area contributed by atoms with Crippen LogP contribution in [0.15, 0.2) is 36.7 Å². The fourth-order valence-corrected chi connectivity index (χ4v) is 2.59. The molecule has 0 N–H and O–H groups in total. The molecule has 0 fully saturated rings. The van der Waals surface area contributed by atoms with E-state index in [1.807, 2.05) is 25.1 Å². The van der Waals surface area contributed by atoms with E-state index in [1.54, 1.807) is 23.4 Å². The molecule has 2 heterocycles. The lowest BCUT2D eigenvalue weighted by molar-refractivity contribution is 0.0980. The second-order valence-corrected chi connectivity index (χ2v) is 5.11. The summed E-state index contributed by atoms with van der Waals surface area (Å²) in [6.07, 6.45) is 4.31. The van der Waals surface area contributed by atoms with Crippen molar-refractivity contribution in [3.05, 3.63) is 58.4 Å². The molecule has 4 heteroatoms. The highest BCUT2D eigenvalue weighted by Gasteiger charge is 2.26. The third kappa shape index (κ3) is 2.10. The Bertz CT molecular complexity index is 654. The van der Waals surface area contributed by atoms with Crippen LogP contribution in [0.3, 0.4) is 0 Å². The van der Waals surface area contributed by atoms with Crippen LogP contribution in [-0.2, 0) is 6.42 Å². The van der Waals surface area contributed by atoms with Gasteiger partial charge in [0.2, 0.25) is 0 Å². The maximum Gasteiger partial charge on any atom is 0.258 e. The number of hydrogen-bond donors (Lipinski definition) is 0. The first-order chi connectivity index (χ1) is 9.16. The number of carbonyl (C=O) groups excluding carboxylic acids is 1. The van der Waals surface area contributed by atoms with E-state index in [1.165, 1.54) is 0 Å². The average molecular weight is 273 g/mol. The number of anilines is 1. The van der Waals surface area contributed by atoms with Crippen LogP contribution in [0.25, 0.3) is 0 Å². The summed E-state index contributed by atoms with van der Waals surface area (Å²) in [5.41, 5.74) is 3.68. The Hall–Kier alpha value is -1.87. The standard InChI is InChI=1S/C15H13ClN2O/c1-10-4-6-17-9-14(10)18-7-5-11-2-3-12(16)8-13(11)15(18)19/h2-4,6,8-9H,5,7H2,1H3. The molecule has 0 spiro atoms. The lowest BCUT2D eigenvalue weighted by Crippen LogP contribution is -2.38. The number of hydrogen-bond acceptors (Lipinski definition) is 2. The third-order valence-electron chi connectivity index (χ3n) is 3.45. The number of fused-ring (bicyclic) bond motifs is 1. The Labute approximate surface area is 116 Å². The first kappa shape index (κ1) is 12.2. The molecule has 0 aliphatic carbocycles. The van der Waals surface area contributed by atoms with E-state index < -0.39 is 0 Å². The maximum atomic E-state index is 12.6. The van der Waals surface area contributed by atoms with Crippen LogP contribution in [0.4, 0.5) is 5.69 Å². The predicted octanol–water partition coefficient (Wildman–Crippen LogP) is 3.25. The van der Waals surface area contributed by atoms with E-state index in [9.17, 15) is 4.79 Å². The van der Waals surface area contributed by atoms with Crippen molar-refractivity contribution < 1.29 is 4.79 Å². The van der Waals surface area contributed by atoms with Crippen LogP contribution in [0.2, 0.25) is 5.02 Å². The van der Waals surface area contributed by atoms with Crippen molar-refractivity contribution in [1.82, 2.24) is 4.98 Å². The largest absolute Gasteiger partial charge is 0.306 e. The van der Waals surface area contributed by atoms with E-state index in [0.717, 1.165) is 23.2 Å². The molecule has 0 unspecified atom stereocenters. The van der Waals surface area contributed by atoms with Crippen molar-refractivity contribution in [2.24, 2.45) is 0 Å². The summed E-state index contributed by atoms with van der Waals surface area (Å²) in [5.74, 6) is -0.000139. The number of rotatable bonds is 1. The van der Waals surface area contributed by atoms with Gasteiger partial charge in [-0.25, -0.2) is 0 Å². The summed E-state index contributed by atoms with van der Waals surface area (Å²) < 4.78 is 0. The molecule has 19 heavy (non-hydrogen) atoms. The molecule has 0 saturated carbocycles. The molecule has 0 saturated heterocycles. The summed E-state index contributed by atoms with van der Waals surface area (Å²) >= 11 is 5.98. The Morgan fingerprint density at radius 2 is 2.16 bits per heavy atom. The molecule has 1 aliphatic rings. The minimum Gasteiger partial charge on any atom is -0.306 e. The maximum absolute atomic E-state index is 12.6. The van der Waals surface area contributed by atoms with Gasteiger partial charge in [-0.05, 0) is 42.7 Å². The highest BCUT2D eigenvalue weighted by Crippen LogP contribution is 2.27. The number of pyridine rings is 1. The van der Waals surface area contributed by atoms with Crippen LogP contribution in [-0.4, -0.2) is 17.4 Å². The van der Waals surface area contributed by atoms with Gasteiger partial charge in [-0.2, -0.15) is 0 Å². The van der Waals surface area contributed by atoms with Gasteiger partial charge in [0, 0.05) is 23.3 Å². The van der Waals surface area contributed by atoms with E-state index in [2.05, 4.69) is 4.98 Å². The number of benzene rings is 1. The van der Waals surface area contributed by atoms with Gasteiger partial charge >= 0.3 is 0 Å². The first-order valence-corrected chi connectivity index (χ1v) is 6.55. The van der Waals surface area contributed by atoms with Crippen LogP contribution < -0.4 is 4.90 Å². The molecule has 2 aromatic rings. The van der Waals surface area contributed by atoms with Gasteiger partial charge in [-0.1, -0.05) is 17.7 Å². The number of halogens is 1. The summed E-state index contributed by atoms with van der Waals surface area (Å²) in [4.78, 5) is 18.4. The van der Waals surface area contributed by atoms with Gasteiger partial charge in [0.1, 0.15) is 0 Å². The number of carbonyl (C=O) groups is 1. The smallest absolute Gasteiger partial charge is 0.258 e. The van der Waals surface area contributed by atoms with Gasteiger partial charge in [0.25, 0.3) is 5.91 Å². The van der Waals surface area contributed by atoms with Gasteiger partial charge in [-0.3, -0.25) is 9.78 Å². The molecule has 0 bridgehead atoms. The van der Waals surface area contributed by atoms with E-state index in [-0.39, 0.29) is 5.91 Å². The van der Waals surface area contributed by atoms with E-state index in [4.69, 9.17) is 11.6 Å². The molecule has 3 rings (SSSR count). The molecule has 3 nitrogen and oxygen atoms in total. The third-order valence-corrected chi connectivity index (χ3v) is 3.69. The van der Waals surface area contributed by atoms with Crippen LogP contribution in [0.1, 0.15) is 21.5 Å². The molecule has 1 aromatic carbocycles. The number of aryl methyl sites for hydroxylation is 1. The van der Waals surface area contributed by atoms with Gasteiger partial charge < -0.3 is 4.90 Å². The molecular weight excluding hydrogens is 260 g/mol. The van der Waals surface area contributed by atoms with Crippen molar-refractivity contribution in [1.29, 1.82) is 0 Å². The van der Waals surface area contributed by atoms with Crippen molar-refractivity contribution >= 4 is 23.2 Å². The lowest BCUT2D eigenvalue weighted by atomic mass is 9.98. The van der Waals surface area contributed by atoms with Gasteiger partial charge in [0.15, 0.2) is 0 Å². The first-order valence-electron chi connectivity index (χ1n) is 6.18. The van der Waals surface area contributed by atoms with Crippen LogP contribution in [0, 0.1) is 6.92 Å². The number of aromatic nitrogens is 1. The highest BCUT2D eigenvalue weighted by atomic mass is 35.5. The lowest BCUT2D eigenvalue weighted by Gasteiger charge is -2.29. The molecule has 1 amide bonds. The predicted molar refractivity (Wildman–Crippen MR) is 75.8 cm³/mol. The van der Waals surface area contributed by atoms with E-state index >= 15 is 0 Å². The zero-order valence-electron chi connectivity index (χ0n) is 10.6. The minimum atomic E-state index is -0.000139. The summed E-state index contributed by atoms with van der Waals surface area (Å²) in [6.45, 7) is 2.66. The topological polar surface area (TPSA) is 33.2 Å². The molecule has 96 valence electrons. The number of nitrogens with zero attached hydrogens (tertiary/aromatic N) is 2. The highest BCUT2D eigenvalue weighted by molar-refractivity contribution is 6.31. The number of amides is 1. The molecule has 1 aromatic heterocycles. The van der Waals surface area contributed by atoms with Gasteiger partial charge in [0.05, 0.1) is 11.9 Å². The average Bonchev–Trinajstić information content (AvgIpc) is 2.41. The van der Waals surface area contributed by atoms with Crippen LogP contribution in [0.5, 0.6) is 0 Å². The second-order valence-electron chi connectivity index (χ2n) is 4.67. The van der Waals surface area contributed by atoms with Crippen LogP contribution >= 0.6 is 11.6 Å². The zero-order chi connectivity index (χ0) is 13.4. The summed E-state index contributed by atoms with van der Waals surface area (Å²) in [6, 6.07) is 7.43. The fourth-order valence-electron chi connectivity index (χ4n) is 2.41. The van der Waals surface area contributed by atoms with E-state index in [0.29, 0.717) is 17.1 Å². The Morgan fingerprint density at radius 1 is 1.32 bits per heavy atom. The normalized spacial score (nSPS) is 14.4. The van der Waals surface area contributed by atoms with Crippen molar-refractivity contribution in [3.8, 4) is 0 Å². The molecule has 1 aliphatic heterocycles. The Balaban J connectivity index is 2.04. The fraction of sp³-hybridized carbons (Fsp3) is 0.200. The Kier molecular flexibility index (Phi) is 2.99. The minimum absolute atomic E-state index is 0.000139. The second kappa shape index (κ2) is 4.67. The molecular formula is C15H13ClN2O. The SMILES string of the molecule is Cc1ccncc1N1CCc2ccc(Cl)cc2C1=O. The molecule has 0 atom stereocenters. The van der Waals surface area contributed by atoms with Gasteiger partial charge in [-0.15, -0.1) is 0 Å². The van der Waals surface area contributed by atoms with Crippen molar-refractivity contribution in [2.45, 2.75) is 13.3 Å². The summed E-state index contributed by atoms with van der Waals surface area (Å²) in [5, 5.41) is 0.594. The zero-order valence-corrected chi connectivity index (χ0v) is 11.3. The van der Waals surface area contributed by atoms with Crippen molar-refractivity contribution in [3.63, 3.8) is 0 Å². The Morgan fingerprint density at radius 3 is 2.95 bits per heavy atom. The monoisotopic (exact) mass is 272 g/mol. The quantitative estimate of drug-likeness (QED) is 0.798. The summed E-state index contributed by atoms with van der Waals surface area (Å²) in [7, 11) is 0.